The molecule has 1 aliphatic heterocycles. The fourth-order valence-corrected chi connectivity index (χ4v) is 3.46. The van der Waals surface area contributed by atoms with Crippen molar-refractivity contribution in [3.8, 4) is 0 Å². The number of fused-ring (bicyclic) bond motifs is 1. The minimum Gasteiger partial charge on any atom is -0.481 e. The van der Waals surface area contributed by atoms with Crippen LogP contribution in [0.25, 0.3) is 0 Å². The summed E-state index contributed by atoms with van der Waals surface area (Å²) >= 11 is 0. The number of pyridine rings is 2. The molecule has 3 heterocycles. The molecule has 0 bridgehead atoms. The number of carboxylic acids is 1. The molecule has 4 N–H and O–H groups in total. The number of aliphatic carboxylic acids is 1. The Labute approximate surface area is 180 Å². The molecule has 0 fully saturated rings. The Morgan fingerprint density at radius 1 is 1.19 bits per heavy atom. The predicted molar refractivity (Wildman–Crippen MR) is 114 cm³/mol. The molecule has 0 unspecified atom stereocenters. The van der Waals surface area contributed by atoms with Crippen LogP contribution in [0, 0.1) is 0 Å². The number of anilines is 1. The highest BCUT2D eigenvalue weighted by molar-refractivity contribution is 5.85. The molecule has 2 aromatic heterocycles. The van der Waals surface area contributed by atoms with E-state index in [0.717, 1.165) is 30.9 Å². The molecule has 3 rings (SSSR count). The fraction of sp³-hybridized carbons (Fsp3) is 0.409. The highest BCUT2D eigenvalue weighted by Gasteiger charge is 2.18. The van der Waals surface area contributed by atoms with Gasteiger partial charge in [0.25, 0.3) is 0 Å². The van der Waals surface area contributed by atoms with E-state index in [2.05, 4.69) is 32.0 Å². The van der Waals surface area contributed by atoms with E-state index in [4.69, 9.17) is 5.11 Å². The summed E-state index contributed by atoms with van der Waals surface area (Å²) < 4.78 is 0. The molecule has 31 heavy (non-hydrogen) atoms. The largest absolute Gasteiger partial charge is 0.481 e. The molecule has 9 nitrogen and oxygen atoms in total. The maximum absolute atomic E-state index is 12.2. The average Bonchev–Trinajstić information content (AvgIpc) is 2.77. The first-order chi connectivity index (χ1) is 15.0. The first-order valence-electron chi connectivity index (χ1n) is 10.4. The molecule has 0 radical (unpaired) electrons. The summed E-state index contributed by atoms with van der Waals surface area (Å²) in [6, 6.07) is 6.75. The topological polar surface area (TPSA) is 133 Å². The number of carbonyl (C=O) groups is 3. The number of carbonyl (C=O) groups excluding carboxylic acids is 2. The van der Waals surface area contributed by atoms with Crippen LogP contribution in [0.5, 0.6) is 0 Å². The van der Waals surface area contributed by atoms with Gasteiger partial charge in [-0.3, -0.25) is 19.4 Å². The fourth-order valence-electron chi connectivity index (χ4n) is 3.46. The van der Waals surface area contributed by atoms with Crippen molar-refractivity contribution in [2.24, 2.45) is 0 Å². The summed E-state index contributed by atoms with van der Waals surface area (Å²) in [6.07, 6.45) is 6.53. The van der Waals surface area contributed by atoms with E-state index in [1.165, 1.54) is 11.8 Å². The van der Waals surface area contributed by atoms with Crippen LogP contribution >= 0.6 is 0 Å². The van der Waals surface area contributed by atoms with Gasteiger partial charge in [0, 0.05) is 31.1 Å². The van der Waals surface area contributed by atoms with E-state index >= 15 is 0 Å². The van der Waals surface area contributed by atoms with E-state index in [-0.39, 0.29) is 25.3 Å². The van der Waals surface area contributed by atoms with E-state index in [0.29, 0.717) is 18.4 Å². The van der Waals surface area contributed by atoms with Crippen molar-refractivity contribution in [1.82, 2.24) is 20.6 Å². The number of hydrogen-bond donors (Lipinski definition) is 4. The maximum atomic E-state index is 12.2. The second-order valence-electron chi connectivity index (χ2n) is 7.48. The quantitative estimate of drug-likeness (QED) is 0.454. The van der Waals surface area contributed by atoms with Crippen LogP contribution in [0.3, 0.4) is 0 Å². The van der Waals surface area contributed by atoms with Crippen molar-refractivity contribution >= 4 is 23.6 Å². The number of aryl methyl sites for hydroxylation is 2. The second-order valence-corrected chi connectivity index (χ2v) is 7.48. The SMILES string of the molecule is O=C(O)C[C@H](NC(=O)CNC(=O)CCCc1ccc2c(n1)NCCC2)c1cccnc1. The predicted octanol–water partition coefficient (Wildman–Crippen LogP) is 1.61. The van der Waals surface area contributed by atoms with Crippen molar-refractivity contribution in [3.63, 3.8) is 0 Å². The number of rotatable bonds is 10. The molecule has 2 amide bonds. The molecule has 1 aliphatic rings. The molecule has 0 spiro atoms. The van der Waals surface area contributed by atoms with Gasteiger partial charge in [0.2, 0.25) is 11.8 Å². The Morgan fingerprint density at radius 2 is 2.06 bits per heavy atom. The molecule has 0 aromatic carbocycles. The number of aromatic nitrogens is 2. The number of nitrogens with one attached hydrogen (secondary N) is 3. The third-order valence-corrected chi connectivity index (χ3v) is 5.04. The van der Waals surface area contributed by atoms with E-state index < -0.39 is 17.9 Å². The average molecular weight is 425 g/mol. The van der Waals surface area contributed by atoms with Gasteiger partial charge in [0.05, 0.1) is 19.0 Å². The molecule has 0 aliphatic carbocycles. The Hall–Kier alpha value is -3.49. The van der Waals surface area contributed by atoms with Gasteiger partial charge < -0.3 is 21.1 Å². The van der Waals surface area contributed by atoms with Gasteiger partial charge >= 0.3 is 5.97 Å². The molecule has 1 atom stereocenters. The van der Waals surface area contributed by atoms with E-state index in [9.17, 15) is 14.4 Å². The van der Waals surface area contributed by atoms with E-state index in [1.807, 2.05) is 6.07 Å². The van der Waals surface area contributed by atoms with Crippen LogP contribution in [-0.4, -0.2) is 45.9 Å². The molecular formula is C22H27N5O4. The third-order valence-electron chi connectivity index (χ3n) is 5.04. The van der Waals surface area contributed by atoms with Crippen molar-refractivity contribution in [3.05, 3.63) is 53.5 Å². The molecule has 2 aromatic rings. The van der Waals surface area contributed by atoms with Gasteiger partial charge in [-0.1, -0.05) is 12.1 Å². The first-order valence-corrected chi connectivity index (χ1v) is 10.4. The summed E-state index contributed by atoms with van der Waals surface area (Å²) in [5, 5.41) is 17.6. The Bertz CT molecular complexity index is 919. The number of nitrogens with zero attached hydrogens (tertiary/aromatic N) is 2. The van der Waals surface area contributed by atoms with Crippen LogP contribution in [0.2, 0.25) is 0 Å². The molecule has 0 saturated carbocycles. The molecular weight excluding hydrogens is 398 g/mol. The van der Waals surface area contributed by atoms with Crippen LogP contribution in [0.1, 0.15) is 48.5 Å². The smallest absolute Gasteiger partial charge is 0.305 e. The first kappa shape index (κ1) is 22.2. The summed E-state index contributed by atoms with van der Waals surface area (Å²) in [5.41, 5.74) is 2.76. The Balaban J connectivity index is 1.40. The summed E-state index contributed by atoms with van der Waals surface area (Å²) in [7, 11) is 0. The minimum atomic E-state index is -1.04. The molecule has 164 valence electrons. The summed E-state index contributed by atoms with van der Waals surface area (Å²) in [5.74, 6) is -0.785. The lowest BCUT2D eigenvalue weighted by molar-refractivity contribution is -0.138. The summed E-state index contributed by atoms with van der Waals surface area (Å²) in [6.45, 7) is 0.720. The third kappa shape index (κ3) is 7.06. The molecule has 9 heteroatoms. The van der Waals surface area contributed by atoms with Gasteiger partial charge in [-0.05, 0) is 48.9 Å². The number of hydrogen-bond acceptors (Lipinski definition) is 6. The van der Waals surface area contributed by atoms with Gasteiger partial charge in [-0.2, -0.15) is 0 Å². The van der Waals surface area contributed by atoms with Crippen LogP contribution in [0.15, 0.2) is 36.7 Å². The van der Waals surface area contributed by atoms with E-state index in [1.54, 1.807) is 18.3 Å². The maximum Gasteiger partial charge on any atom is 0.305 e. The molecule has 0 saturated heterocycles. The standard InChI is InChI=1S/C22H27N5O4/c28-19(7-1-6-17-9-8-15-4-3-11-24-22(15)26-17)25-14-20(29)27-18(12-21(30)31)16-5-2-10-23-13-16/h2,5,8-10,13,18H,1,3-4,6-7,11-12,14H2,(H,24,26)(H,25,28)(H,27,29)(H,30,31)/t18-/m0/s1. The van der Waals surface area contributed by atoms with Crippen molar-refractivity contribution in [2.75, 3.05) is 18.4 Å². The van der Waals surface area contributed by atoms with Crippen LogP contribution < -0.4 is 16.0 Å². The monoisotopic (exact) mass is 425 g/mol. The summed E-state index contributed by atoms with van der Waals surface area (Å²) in [4.78, 5) is 43.9. The zero-order valence-corrected chi connectivity index (χ0v) is 17.3. The second kappa shape index (κ2) is 11.1. The van der Waals surface area contributed by atoms with Gasteiger partial charge in [-0.15, -0.1) is 0 Å². The lowest BCUT2D eigenvalue weighted by Gasteiger charge is -2.17. The minimum absolute atomic E-state index is 0.212. The van der Waals surface area contributed by atoms with Crippen molar-refractivity contribution in [1.29, 1.82) is 0 Å². The van der Waals surface area contributed by atoms with Gasteiger partial charge in [0.15, 0.2) is 0 Å². The van der Waals surface area contributed by atoms with Gasteiger partial charge in [-0.25, -0.2) is 4.98 Å². The van der Waals surface area contributed by atoms with Crippen molar-refractivity contribution < 1.29 is 19.5 Å². The Kier molecular flexibility index (Phi) is 7.91. The Morgan fingerprint density at radius 3 is 2.84 bits per heavy atom. The van der Waals surface area contributed by atoms with Crippen LogP contribution in [0.4, 0.5) is 5.82 Å². The lowest BCUT2D eigenvalue weighted by Crippen LogP contribution is -2.39. The highest BCUT2D eigenvalue weighted by atomic mass is 16.4. The normalized spacial score (nSPS) is 13.4. The lowest BCUT2D eigenvalue weighted by atomic mass is 10.1. The zero-order valence-electron chi connectivity index (χ0n) is 17.3. The number of amides is 2. The number of carboxylic acid groups (broad SMARTS) is 1. The van der Waals surface area contributed by atoms with Crippen molar-refractivity contribution in [2.45, 2.75) is 44.6 Å². The zero-order chi connectivity index (χ0) is 22.1. The van der Waals surface area contributed by atoms with Gasteiger partial charge in [0.1, 0.15) is 5.82 Å². The highest BCUT2D eigenvalue weighted by Crippen LogP contribution is 2.20. The van der Waals surface area contributed by atoms with Crippen LogP contribution in [-0.2, 0) is 27.2 Å².